The molecule has 0 fully saturated rings. The van der Waals surface area contributed by atoms with Crippen molar-refractivity contribution >= 4 is 46.9 Å². The first kappa shape index (κ1) is 109. The van der Waals surface area contributed by atoms with Crippen molar-refractivity contribution in [3.05, 3.63) is 0 Å². The number of ether oxygens (including phenoxy) is 20. The van der Waals surface area contributed by atoms with Gasteiger partial charge >= 0.3 is 0 Å². The van der Waals surface area contributed by atoms with Crippen molar-refractivity contribution in [1.82, 2.24) is 0 Å². The molecule has 8 atom stereocenters. The largest absolute Gasteiger partial charge is 0.756 e. The van der Waals surface area contributed by atoms with Crippen LogP contribution in [0.15, 0.2) is 0 Å². The summed E-state index contributed by atoms with van der Waals surface area (Å²) >= 11 is 0. The molecular formula is C58H118O45P6-6. The molecule has 45 nitrogen and oxygen atoms in total. The summed E-state index contributed by atoms with van der Waals surface area (Å²) in [5.41, 5.74) is 0. The van der Waals surface area contributed by atoms with Gasteiger partial charge in [-0.05, 0) is 12.8 Å². The van der Waals surface area contributed by atoms with Crippen LogP contribution in [0.25, 0.3) is 0 Å². The first-order chi connectivity index (χ1) is 52.5. The van der Waals surface area contributed by atoms with Crippen LogP contribution in [0.5, 0.6) is 0 Å². The van der Waals surface area contributed by atoms with E-state index in [-0.39, 0.29) is 283 Å². The lowest BCUT2D eigenvalue weighted by molar-refractivity contribution is -0.230. The average Bonchev–Trinajstić information content (AvgIpc) is 0.916. The zero-order valence-electron chi connectivity index (χ0n) is 62.5. The fourth-order valence-corrected chi connectivity index (χ4v) is 10.9. The number of aliphatic hydroxyl groups is 1. The molecule has 0 heterocycles. The molecule has 51 heteroatoms. The molecule has 0 aliphatic rings. The minimum Gasteiger partial charge on any atom is -0.756 e. The Morgan fingerprint density at radius 1 is 0.202 bits per heavy atom. The monoisotopic (exact) mass is 1720 g/mol. The zero-order chi connectivity index (χ0) is 80.3. The summed E-state index contributed by atoms with van der Waals surface area (Å²) < 4.78 is 229. The Morgan fingerprint density at radius 3 is 0.450 bits per heavy atom. The van der Waals surface area contributed by atoms with E-state index in [9.17, 15) is 56.8 Å². The molecule has 0 aromatic carbocycles. The van der Waals surface area contributed by atoms with Crippen molar-refractivity contribution in [3.8, 4) is 0 Å². The number of rotatable bonds is 92. The molecule has 0 amide bonds. The third-order valence-electron chi connectivity index (χ3n) is 12.6. The van der Waals surface area contributed by atoms with Gasteiger partial charge in [-0.2, -0.15) is 0 Å². The summed E-state index contributed by atoms with van der Waals surface area (Å²) in [6.45, 7) is 8.20. The summed E-state index contributed by atoms with van der Waals surface area (Å²) in [4.78, 5) is 78.7. The average molecular weight is 1720 g/mol. The molecular weight excluding hydrogens is 1600 g/mol. The van der Waals surface area contributed by atoms with Crippen LogP contribution in [-0.4, -0.2) is 354 Å². The highest BCUT2D eigenvalue weighted by atomic mass is 31.2. The van der Waals surface area contributed by atoms with Crippen molar-refractivity contribution in [1.29, 1.82) is 0 Å². The molecule has 0 aliphatic carbocycles. The Balaban J connectivity index is 3.43. The molecule has 0 bridgehead atoms. The Labute approximate surface area is 638 Å². The lowest BCUT2D eigenvalue weighted by Gasteiger charge is -2.26. The van der Waals surface area contributed by atoms with Crippen molar-refractivity contribution in [2.24, 2.45) is 11.8 Å². The van der Waals surface area contributed by atoms with E-state index in [1.54, 1.807) is 6.92 Å². The van der Waals surface area contributed by atoms with E-state index in [1.165, 1.54) is 0 Å². The molecule has 0 aliphatic heterocycles. The zero-order valence-corrected chi connectivity index (χ0v) is 67.8. The van der Waals surface area contributed by atoms with Gasteiger partial charge in [0.2, 0.25) is 0 Å². The normalized spacial score (nSPS) is 16.0. The molecule has 0 spiro atoms. The van der Waals surface area contributed by atoms with E-state index in [2.05, 4.69) is 9.05 Å². The Bertz CT molecular complexity index is 2270. The predicted octanol–water partition coefficient (Wildman–Crippen LogP) is -1.65. The predicted molar refractivity (Wildman–Crippen MR) is 364 cm³/mol. The molecule has 0 aromatic heterocycles. The molecule has 0 radical (unpaired) electrons. The molecule has 656 valence electrons. The van der Waals surface area contributed by atoms with Crippen LogP contribution < -0.4 is 29.4 Å². The van der Waals surface area contributed by atoms with Crippen LogP contribution in [0.4, 0.5) is 0 Å². The van der Waals surface area contributed by atoms with Crippen LogP contribution in [-0.2, 0) is 172 Å². The van der Waals surface area contributed by atoms with Crippen LogP contribution in [0, 0.1) is 11.8 Å². The van der Waals surface area contributed by atoms with E-state index in [0.29, 0.717) is 65.7 Å². The third kappa shape index (κ3) is 84.1. The Kier molecular flexibility index (Phi) is 76.4. The Hall–Kier alpha value is -0.180. The fourth-order valence-electron chi connectivity index (χ4n) is 6.95. The molecule has 2 N–H and O–H groups in total. The number of phosphoric acid groups is 6. The summed E-state index contributed by atoms with van der Waals surface area (Å²) in [6, 6.07) is 0. The van der Waals surface area contributed by atoms with Crippen molar-refractivity contribution < 1.29 is 211 Å². The highest BCUT2D eigenvalue weighted by Crippen LogP contribution is 2.41. The van der Waals surface area contributed by atoms with Crippen molar-refractivity contribution in [2.45, 2.75) is 26.7 Å². The van der Waals surface area contributed by atoms with Crippen molar-refractivity contribution in [3.63, 3.8) is 0 Å². The highest BCUT2D eigenvalue weighted by Gasteiger charge is 2.18. The van der Waals surface area contributed by atoms with Gasteiger partial charge in [-0.3, -0.25) is 27.4 Å². The lowest BCUT2D eigenvalue weighted by Crippen LogP contribution is -2.20. The minimum absolute atomic E-state index is 0.00649. The second-order valence-corrected chi connectivity index (χ2v) is 29.5. The van der Waals surface area contributed by atoms with Gasteiger partial charge in [-0.25, -0.2) is 0 Å². The van der Waals surface area contributed by atoms with Gasteiger partial charge in [-0.15, -0.1) is 0 Å². The second kappa shape index (κ2) is 76.5. The molecule has 0 saturated carbocycles. The Morgan fingerprint density at radius 2 is 0.321 bits per heavy atom. The molecule has 0 aromatic rings. The molecule has 109 heavy (non-hydrogen) atoms. The number of aliphatic hydroxyl groups excluding tert-OH is 1. The fraction of sp³-hybridized carbons (Fsp3) is 1.00. The first-order valence-corrected chi connectivity index (χ1v) is 44.1. The van der Waals surface area contributed by atoms with Gasteiger partial charge in [-0.1, -0.05) is 13.8 Å². The summed E-state index contributed by atoms with van der Waals surface area (Å²) in [5, 5.41) is 9.10. The highest BCUT2D eigenvalue weighted by molar-refractivity contribution is 7.47. The maximum atomic E-state index is 12.0. The van der Waals surface area contributed by atoms with Crippen LogP contribution in [0.2, 0.25) is 0 Å². The van der Waals surface area contributed by atoms with E-state index >= 15 is 0 Å². The van der Waals surface area contributed by atoms with Gasteiger partial charge in [0.05, 0.1) is 337 Å². The first-order valence-electron chi connectivity index (χ1n) is 35.3. The van der Waals surface area contributed by atoms with E-state index in [0.717, 1.165) is 0 Å². The second-order valence-electron chi connectivity index (χ2n) is 21.2. The van der Waals surface area contributed by atoms with Crippen LogP contribution >= 0.6 is 46.9 Å². The van der Waals surface area contributed by atoms with Crippen LogP contribution in [0.3, 0.4) is 0 Å². The standard InChI is InChI=1S/C58H124O45P6/c1-3-57(53-59)54-102-108(69,70)99-51-43-91-35-27-83-19-11-75-9-17-81-25-33-89-41-49-97-106(65,66)95-47-39-87-31-23-79-15-7-73-5-13-77-21-29-85-37-45-93-105(63,64)94-46-38-86-30-22-78-14-6-74-8-16-80-24-32-88-40-48-96-107(67,68)98-50-42-90-34-26-82-18-10-76-12-20-84-28-36-92-44-52-100-109(71,72)103-56-58(4-2)55-101-104(60,61)62/h57-59H,3-56H2,1-2H3,(H,63,64)(H,65,66)(H,67,68)(H,69,70)(H,71,72)(H2,60,61,62)/p-6. The number of hydrogen-bond acceptors (Lipinski definition) is 44. The smallest absolute Gasteiger partial charge is 0.268 e. The molecule has 0 saturated heterocycles. The number of hydrogen-bond donors (Lipinski definition) is 2. The van der Waals surface area contributed by atoms with Crippen LogP contribution in [0.1, 0.15) is 26.7 Å². The SMILES string of the molecule is CCC(CO)COP(=O)([O-])OCCOCCOCCOCCOCCOCCOP(=O)([O-])OCCOCCOCCOCCOCCOCCOP(=O)([O-])OCCOCCOCCOCCOCCOCCOP(=O)([O-])OCCOCCOCCOCCOCCOCCOP(=O)([O-])OCC(CC)COP(=O)([O-])O. The van der Waals surface area contributed by atoms with Crippen molar-refractivity contribution in [2.75, 3.05) is 344 Å². The quantitative estimate of drug-likeness (QED) is 0.0509. The molecule has 8 unspecified atom stereocenters. The van der Waals surface area contributed by atoms with Gasteiger partial charge in [0.1, 0.15) is 0 Å². The summed E-state index contributed by atoms with van der Waals surface area (Å²) in [6.07, 6.45) is 0.894. The third-order valence-corrected chi connectivity index (χ3v) is 18.0. The number of phosphoric ester groups is 6. The molecule has 0 rings (SSSR count). The topological polar surface area (TPSA) is 567 Å². The van der Waals surface area contributed by atoms with Gasteiger partial charge in [0, 0.05) is 18.4 Å². The maximum absolute atomic E-state index is 12.0. The van der Waals surface area contributed by atoms with Gasteiger partial charge < -0.3 is 184 Å². The van der Waals surface area contributed by atoms with Gasteiger partial charge in [0.25, 0.3) is 46.9 Å². The van der Waals surface area contributed by atoms with E-state index in [4.69, 9.17) is 145 Å². The summed E-state index contributed by atoms with van der Waals surface area (Å²) in [7, 11) is -27.7. The summed E-state index contributed by atoms with van der Waals surface area (Å²) in [5.74, 6) is -0.895. The maximum Gasteiger partial charge on any atom is 0.268 e. The lowest BCUT2D eigenvalue weighted by atomic mass is 10.1. The van der Waals surface area contributed by atoms with E-state index < -0.39 is 66.1 Å². The van der Waals surface area contributed by atoms with Gasteiger partial charge in [0.15, 0.2) is 0 Å². The minimum atomic E-state index is -4.94. The van der Waals surface area contributed by atoms with E-state index in [1.807, 2.05) is 6.92 Å².